The first kappa shape index (κ1) is 62.6. The van der Waals surface area contributed by atoms with Crippen molar-refractivity contribution >= 4 is 64.6 Å². The van der Waals surface area contributed by atoms with Crippen LogP contribution in [-0.2, 0) is 22.3 Å². The van der Waals surface area contributed by atoms with Crippen molar-refractivity contribution in [3.63, 3.8) is 0 Å². The van der Waals surface area contributed by atoms with E-state index in [-0.39, 0.29) is 73.2 Å². The summed E-state index contributed by atoms with van der Waals surface area (Å²) in [6.07, 6.45) is 9.37. The summed E-state index contributed by atoms with van der Waals surface area (Å²) in [6, 6.07) is 16.3. The van der Waals surface area contributed by atoms with Crippen molar-refractivity contribution in [3.05, 3.63) is 143 Å². The van der Waals surface area contributed by atoms with E-state index in [0.29, 0.717) is 96.0 Å². The van der Waals surface area contributed by atoms with Crippen LogP contribution in [0.2, 0.25) is 0 Å². The standard InChI is InChI=1S/C31H36F2N6O5.C26H28F2N6O3.ClH/c1-6-19-17-20(7-8-21(19)29(40)35-12-15-44-16-14-39(30(41)42)31(2,3)4)37-27-28-36-18-23(38(28)13-11-34-27)22-9-10-24(43-5)26(33)25(22)32;1-3-16-14-17(4-5-18(16)26(35)31-10-13-37-12-8-29)33-24-25-32-15-20(34(25)11-9-30-24)19-6-7-21(36-2)23(28)22(19)27;/h7-11,13,17-18H,6,12,14-16H2,1-5H3,(H,34,37)(H,35,40)(H,41,42);4-7,9,11,14-15H,3,8,10,12-13,29H2,1-2H3,(H,30,33)(H,31,35);1H. The maximum Gasteiger partial charge on any atom is 0.407 e. The van der Waals surface area contributed by atoms with E-state index in [1.54, 1.807) is 45.5 Å². The van der Waals surface area contributed by atoms with E-state index in [2.05, 4.69) is 41.2 Å². The van der Waals surface area contributed by atoms with Crippen molar-refractivity contribution in [2.45, 2.75) is 53.0 Å². The van der Waals surface area contributed by atoms with Gasteiger partial charge in [-0.05, 0) is 105 Å². The molecule has 0 bridgehead atoms. The fourth-order valence-corrected chi connectivity index (χ4v) is 8.66. The van der Waals surface area contributed by atoms with E-state index in [4.69, 9.17) is 24.7 Å². The number of methoxy groups -OCH3 is 2. The molecule has 0 spiro atoms. The summed E-state index contributed by atoms with van der Waals surface area (Å²) >= 11 is 0. The Bertz CT molecular complexity index is 3520. The zero-order valence-corrected chi connectivity index (χ0v) is 47.1. The number of carbonyl (C=O) groups is 3. The molecule has 0 saturated heterocycles. The molecule has 4 aromatic carbocycles. The summed E-state index contributed by atoms with van der Waals surface area (Å²) < 4.78 is 82.0. The molecule has 3 amide bonds. The Balaban J connectivity index is 0.000000264. The molecule has 25 heteroatoms. The number of rotatable bonds is 23. The highest BCUT2D eigenvalue weighted by Gasteiger charge is 2.26. The fraction of sp³-hybridized carbons (Fsp3) is 0.316. The van der Waals surface area contributed by atoms with E-state index in [9.17, 15) is 37.1 Å². The zero-order chi connectivity index (χ0) is 58.4. The van der Waals surface area contributed by atoms with Gasteiger partial charge in [-0.2, -0.15) is 8.78 Å². The second-order valence-corrected chi connectivity index (χ2v) is 18.9. The van der Waals surface area contributed by atoms with Crippen LogP contribution >= 0.6 is 12.4 Å². The number of hydrogen-bond donors (Lipinski definition) is 6. The third-order valence-corrected chi connectivity index (χ3v) is 12.8. The number of aryl methyl sites for hydroxylation is 2. The average Bonchev–Trinajstić information content (AvgIpc) is 3.71. The number of anilines is 4. The van der Waals surface area contributed by atoms with Crippen molar-refractivity contribution in [1.29, 1.82) is 0 Å². The molecule has 0 atom stereocenters. The van der Waals surface area contributed by atoms with Gasteiger partial charge in [-0.1, -0.05) is 13.8 Å². The topological polar surface area (TPSA) is 246 Å². The predicted molar refractivity (Wildman–Crippen MR) is 305 cm³/mol. The van der Waals surface area contributed by atoms with Gasteiger partial charge in [-0.25, -0.2) is 33.5 Å². The second kappa shape index (κ2) is 28.7. The van der Waals surface area contributed by atoms with Crippen LogP contribution < -0.4 is 36.5 Å². The van der Waals surface area contributed by atoms with E-state index in [0.717, 1.165) is 11.1 Å². The Kier molecular flexibility index (Phi) is 21.9. The van der Waals surface area contributed by atoms with E-state index < -0.39 is 34.9 Å². The molecule has 4 heterocycles. The molecule has 4 aromatic heterocycles. The number of nitrogens with zero attached hydrogens (tertiary/aromatic N) is 7. The molecule has 7 N–H and O–H groups in total. The zero-order valence-electron chi connectivity index (χ0n) is 46.2. The summed E-state index contributed by atoms with van der Waals surface area (Å²) in [5.74, 6) is -4.24. The molecule has 82 heavy (non-hydrogen) atoms. The van der Waals surface area contributed by atoms with Crippen molar-refractivity contribution in [2.24, 2.45) is 5.73 Å². The molecule has 8 aromatic rings. The molecule has 0 fully saturated rings. The van der Waals surface area contributed by atoms with Crippen LogP contribution in [0.4, 0.5) is 45.4 Å². The first-order valence-electron chi connectivity index (χ1n) is 25.9. The van der Waals surface area contributed by atoms with Gasteiger partial charge in [-0.3, -0.25) is 18.4 Å². The molecule has 0 radical (unpaired) electrons. The molecule has 0 unspecified atom stereocenters. The summed E-state index contributed by atoms with van der Waals surface area (Å²) in [6.45, 7) is 11.9. The number of ether oxygens (including phenoxy) is 4. The maximum atomic E-state index is 14.8. The smallest absolute Gasteiger partial charge is 0.407 e. The number of nitrogens with one attached hydrogen (secondary N) is 4. The molecule has 436 valence electrons. The Labute approximate surface area is 476 Å². The number of benzene rings is 4. The molecular formula is C57H65ClF4N12O8. The monoisotopic (exact) mass is 1160 g/mol. The number of fused-ring (bicyclic) bond motifs is 2. The minimum Gasteiger partial charge on any atom is -0.494 e. The van der Waals surface area contributed by atoms with Gasteiger partial charge in [0.25, 0.3) is 11.8 Å². The Morgan fingerprint density at radius 3 is 1.46 bits per heavy atom. The highest BCUT2D eigenvalue weighted by molar-refractivity contribution is 5.97. The van der Waals surface area contributed by atoms with Gasteiger partial charge in [0.1, 0.15) is 0 Å². The van der Waals surface area contributed by atoms with Crippen LogP contribution in [0.3, 0.4) is 0 Å². The molecule has 8 rings (SSSR count). The van der Waals surface area contributed by atoms with Gasteiger partial charge in [0.2, 0.25) is 11.6 Å². The lowest BCUT2D eigenvalue weighted by atomic mass is 10.0. The van der Waals surface area contributed by atoms with Crippen LogP contribution in [0.5, 0.6) is 11.5 Å². The molecule has 0 saturated carbocycles. The van der Waals surface area contributed by atoms with E-state index in [1.165, 1.54) is 68.2 Å². The fourth-order valence-electron chi connectivity index (χ4n) is 8.66. The van der Waals surface area contributed by atoms with E-state index >= 15 is 0 Å². The maximum absolute atomic E-state index is 14.8. The number of halogens is 5. The number of aromatic nitrogens is 6. The lowest BCUT2D eigenvalue weighted by Crippen LogP contribution is -2.46. The Morgan fingerprint density at radius 2 is 1.07 bits per heavy atom. The first-order valence-corrected chi connectivity index (χ1v) is 25.9. The van der Waals surface area contributed by atoms with Crippen LogP contribution in [0.15, 0.2) is 97.8 Å². The van der Waals surface area contributed by atoms with E-state index in [1.807, 2.05) is 46.8 Å². The van der Waals surface area contributed by atoms with Crippen molar-refractivity contribution in [3.8, 4) is 34.0 Å². The Morgan fingerprint density at radius 1 is 0.634 bits per heavy atom. The van der Waals surface area contributed by atoms with Gasteiger partial charge in [0, 0.05) is 90.1 Å². The molecule has 0 aliphatic carbocycles. The summed E-state index contributed by atoms with van der Waals surface area (Å²) in [5, 5.41) is 21.5. The largest absolute Gasteiger partial charge is 0.494 e. The third kappa shape index (κ3) is 14.7. The third-order valence-electron chi connectivity index (χ3n) is 12.8. The molecule has 20 nitrogen and oxygen atoms in total. The molecule has 0 aliphatic heterocycles. The second-order valence-electron chi connectivity index (χ2n) is 18.9. The molecular weight excluding hydrogens is 1090 g/mol. The number of amides is 3. The van der Waals surface area contributed by atoms with Crippen LogP contribution in [-0.4, -0.2) is 129 Å². The highest BCUT2D eigenvalue weighted by atomic mass is 35.5. The summed E-state index contributed by atoms with van der Waals surface area (Å²) in [5.41, 5.74) is 10.5. The van der Waals surface area contributed by atoms with Crippen molar-refractivity contribution in [1.82, 2.24) is 44.3 Å². The first-order chi connectivity index (χ1) is 38.9. The number of hydrogen-bond acceptors (Lipinski definition) is 14. The minimum atomic E-state index is -1.08. The number of nitrogens with two attached hydrogens (primary N) is 1. The molecule has 0 aliphatic rings. The van der Waals surface area contributed by atoms with Gasteiger partial charge in [-0.15, -0.1) is 12.4 Å². The average molecular weight is 1160 g/mol. The van der Waals surface area contributed by atoms with Crippen molar-refractivity contribution < 1.29 is 56.0 Å². The summed E-state index contributed by atoms with van der Waals surface area (Å²) in [7, 11) is 2.54. The summed E-state index contributed by atoms with van der Waals surface area (Å²) in [4.78, 5) is 55.8. The highest BCUT2D eigenvalue weighted by Crippen LogP contribution is 2.34. The van der Waals surface area contributed by atoms with Gasteiger partial charge >= 0.3 is 6.09 Å². The normalized spacial score (nSPS) is 11.1. The lowest BCUT2D eigenvalue weighted by Gasteiger charge is -2.32. The SMILES string of the molecule is CCc1cc(Nc2nccn3c(-c4ccc(OC)c(F)c4F)cnc23)ccc1C(=O)NCCOCCN.CCc1cc(Nc2nccn3c(-c4ccc(OC)c(F)c4F)cnc23)ccc1C(=O)NCCOCCN(C(=O)O)C(C)(C)C.Cl. The van der Waals surface area contributed by atoms with Gasteiger partial charge < -0.3 is 56.0 Å². The number of imidazole rings is 2. The van der Waals surface area contributed by atoms with Crippen LogP contribution in [0.1, 0.15) is 66.5 Å². The number of carbonyl (C=O) groups excluding carboxylic acids is 2. The van der Waals surface area contributed by atoms with Crippen LogP contribution in [0, 0.1) is 23.3 Å². The van der Waals surface area contributed by atoms with Crippen LogP contribution in [0.25, 0.3) is 33.8 Å². The van der Waals surface area contributed by atoms with Gasteiger partial charge in [0.15, 0.2) is 46.1 Å². The van der Waals surface area contributed by atoms with Gasteiger partial charge in [0.05, 0.1) is 64.4 Å². The number of carboxylic acid groups (broad SMARTS) is 1. The Hall–Kier alpha value is -8.58. The lowest BCUT2D eigenvalue weighted by molar-refractivity contribution is 0.0611. The van der Waals surface area contributed by atoms with Crippen molar-refractivity contribution in [2.75, 3.05) is 77.5 Å². The predicted octanol–water partition coefficient (Wildman–Crippen LogP) is 9.63. The minimum absolute atomic E-state index is 0. The quantitative estimate of drug-likeness (QED) is 0.0258.